The van der Waals surface area contributed by atoms with Gasteiger partial charge in [0.2, 0.25) is 0 Å². The monoisotopic (exact) mass is 372 g/mol. The highest BCUT2D eigenvalue weighted by Gasteiger charge is 2.27. The van der Waals surface area contributed by atoms with Crippen LogP contribution in [0.4, 0.5) is 0 Å². The summed E-state index contributed by atoms with van der Waals surface area (Å²) in [7, 11) is 5.53. The van der Waals surface area contributed by atoms with E-state index in [0.29, 0.717) is 35.9 Å². The van der Waals surface area contributed by atoms with Crippen LogP contribution in [0.15, 0.2) is 39.5 Å². The molecule has 0 fully saturated rings. The average molecular weight is 372 g/mol. The molecule has 0 aliphatic carbocycles. The molecule has 1 aliphatic heterocycles. The first-order valence-electron chi connectivity index (χ1n) is 8.80. The second kappa shape index (κ2) is 7.84. The van der Waals surface area contributed by atoms with Gasteiger partial charge in [-0.3, -0.25) is 4.79 Å². The minimum Gasteiger partial charge on any atom is -0.485 e. The van der Waals surface area contributed by atoms with E-state index in [0.717, 1.165) is 0 Å². The molecular weight excluding hydrogens is 348 g/mol. The van der Waals surface area contributed by atoms with Gasteiger partial charge in [0, 0.05) is 20.1 Å². The number of hydrogen-bond donors (Lipinski definition) is 0. The Hall–Kier alpha value is -2.80. The largest absolute Gasteiger partial charge is 0.485 e. The number of nitrogens with zero attached hydrogens (tertiary/aromatic N) is 2. The normalized spacial score (nSPS) is 15.7. The Morgan fingerprint density at radius 3 is 2.52 bits per heavy atom. The Balaban J connectivity index is 1.81. The van der Waals surface area contributed by atoms with Crippen LogP contribution < -0.4 is 15.1 Å². The van der Waals surface area contributed by atoms with E-state index in [1.165, 1.54) is 4.90 Å². The fourth-order valence-corrected chi connectivity index (χ4v) is 2.85. The van der Waals surface area contributed by atoms with E-state index in [1.54, 1.807) is 26.1 Å². The van der Waals surface area contributed by atoms with E-state index < -0.39 is 11.7 Å². The smallest absolute Gasteiger partial charge is 0.349 e. The summed E-state index contributed by atoms with van der Waals surface area (Å²) in [5.74, 6) is 1.25. The maximum Gasteiger partial charge on any atom is 0.349 e. The van der Waals surface area contributed by atoms with Crippen LogP contribution in [0.25, 0.3) is 0 Å². The molecule has 144 valence electrons. The van der Waals surface area contributed by atoms with Crippen LogP contribution in [0.5, 0.6) is 11.5 Å². The van der Waals surface area contributed by atoms with E-state index >= 15 is 0 Å². The third-order valence-electron chi connectivity index (χ3n) is 4.44. The highest BCUT2D eigenvalue weighted by atomic mass is 16.6. The molecule has 0 radical (unpaired) electrons. The zero-order chi connectivity index (χ0) is 19.6. The predicted octanol–water partition coefficient (Wildman–Crippen LogP) is 2.09. The number of aryl methyl sites for hydroxylation is 1. The third kappa shape index (κ3) is 4.14. The molecule has 2 aromatic rings. The molecule has 1 unspecified atom stereocenters. The minimum atomic E-state index is -0.658. The molecular formula is C20H24N2O5. The Bertz CT molecular complexity index is 890. The van der Waals surface area contributed by atoms with E-state index in [9.17, 15) is 9.59 Å². The van der Waals surface area contributed by atoms with E-state index in [4.69, 9.17) is 13.9 Å². The highest BCUT2D eigenvalue weighted by Crippen LogP contribution is 2.35. The second-order valence-electron chi connectivity index (χ2n) is 6.89. The van der Waals surface area contributed by atoms with Crippen LogP contribution in [0.3, 0.4) is 0 Å². The van der Waals surface area contributed by atoms with Crippen molar-refractivity contribution in [2.45, 2.75) is 13.0 Å². The molecule has 1 amide bonds. The number of amides is 1. The van der Waals surface area contributed by atoms with Crippen molar-refractivity contribution in [1.82, 2.24) is 9.80 Å². The van der Waals surface area contributed by atoms with Gasteiger partial charge in [-0.2, -0.15) is 0 Å². The molecule has 2 heterocycles. The van der Waals surface area contributed by atoms with Gasteiger partial charge in [0.05, 0.1) is 0 Å². The van der Waals surface area contributed by atoms with Crippen LogP contribution in [0.1, 0.15) is 27.8 Å². The van der Waals surface area contributed by atoms with Crippen molar-refractivity contribution in [3.8, 4) is 11.5 Å². The standard InChI is InChI=1S/C20H24N2O5/c1-13-11-16(17-12-25-14-7-5-6-8-15(14)26-17)27-20(24)18(13)19(23)22(4)10-9-21(2)3/h5-8,11,17H,9-10,12H2,1-4H3. The highest BCUT2D eigenvalue weighted by molar-refractivity contribution is 5.94. The van der Waals surface area contributed by atoms with Crippen LogP contribution in [0, 0.1) is 6.92 Å². The van der Waals surface area contributed by atoms with Crippen molar-refractivity contribution >= 4 is 5.91 Å². The summed E-state index contributed by atoms with van der Waals surface area (Å²) in [6.07, 6.45) is -0.540. The molecule has 1 aromatic carbocycles. The van der Waals surface area contributed by atoms with Crippen molar-refractivity contribution in [2.75, 3.05) is 40.8 Å². The predicted molar refractivity (Wildman–Crippen MR) is 101 cm³/mol. The molecule has 7 nitrogen and oxygen atoms in total. The van der Waals surface area contributed by atoms with E-state index in [2.05, 4.69) is 0 Å². The lowest BCUT2D eigenvalue weighted by Gasteiger charge is -2.26. The fourth-order valence-electron chi connectivity index (χ4n) is 2.85. The summed E-state index contributed by atoms with van der Waals surface area (Å²) in [5.41, 5.74) is -0.0447. The average Bonchev–Trinajstić information content (AvgIpc) is 2.64. The molecule has 27 heavy (non-hydrogen) atoms. The Morgan fingerprint density at radius 2 is 1.85 bits per heavy atom. The molecule has 7 heteroatoms. The molecule has 1 aromatic heterocycles. The number of hydrogen-bond acceptors (Lipinski definition) is 6. The number of benzene rings is 1. The summed E-state index contributed by atoms with van der Waals surface area (Å²) < 4.78 is 17.0. The lowest BCUT2D eigenvalue weighted by molar-refractivity contribution is 0.0708. The van der Waals surface area contributed by atoms with Crippen LogP contribution in [0.2, 0.25) is 0 Å². The summed E-state index contributed by atoms with van der Waals surface area (Å²) in [6.45, 7) is 3.18. The van der Waals surface area contributed by atoms with Gasteiger partial charge in [0.25, 0.3) is 5.91 Å². The molecule has 3 rings (SSSR count). The Kier molecular flexibility index (Phi) is 5.51. The topological polar surface area (TPSA) is 72.2 Å². The second-order valence-corrected chi connectivity index (χ2v) is 6.89. The van der Waals surface area contributed by atoms with E-state index in [-0.39, 0.29) is 18.1 Å². The minimum absolute atomic E-state index is 0.0529. The van der Waals surface area contributed by atoms with Crippen LogP contribution in [-0.4, -0.2) is 56.5 Å². The molecule has 0 saturated heterocycles. The van der Waals surface area contributed by atoms with Gasteiger partial charge in [-0.1, -0.05) is 12.1 Å². The third-order valence-corrected chi connectivity index (χ3v) is 4.44. The molecule has 0 saturated carbocycles. The number of likely N-dealkylation sites (N-methyl/N-ethyl adjacent to an activating group) is 2. The van der Waals surface area contributed by atoms with Crippen molar-refractivity contribution in [1.29, 1.82) is 0 Å². The zero-order valence-corrected chi connectivity index (χ0v) is 16.0. The van der Waals surface area contributed by atoms with Gasteiger partial charge in [-0.25, -0.2) is 4.79 Å². The Morgan fingerprint density at radius 1 is 1.15 bits per heavy atom. The summed E-state index contributed by atoms with van der Waals surface area (Å²) in [4.78, 5) is 28.6. The maximum atomic E-state index is 12.6. The number of rotatable bonds is 5. The van der Waals surface area contributed by atoms with E-state index in [1.807, 2.05) is 37.2 Å². The van der Waals surface area contributed by atoms with Gasteiger partial charge in [0.1, 0.15) is 12.2 Å². The number of ether oxygens (including phenoxy) is 2. The van der Waals surface area contributed by atoms with Crippen molar-refractivity contribution < 1.29 is 18.7 Å². The lowest BCUT2D eigenvalue weighted by Crippen LogP contribution is -2.36. The van der Waals surface area contributed by atoms with Crippen LogP contribution >= 0.6 is 0 Å². The molecule has 1 atom stereocenters. The van der Waals surface area contributed by atoms with Crippen molar-refractivity contribution in [3.05, 3.63) is 57.6 Å². The van der Waals surface area contributed by atoms with Crippen LogP contribution in [-0.2, 0) is 0 Å². The number of para-hydroxylation sites is 2. The summed E-state index contributed by atoms with van der Waals surface area (Å²) in [6, 6.07) is 9.00. The fraction of sp³-hybridized carbons (Fsp3) is 0.400. The quantitative estimate of drug-likeness (QED) is 0.800. The number of carbonyl (C=O) groups excluding carboxylic acids is 1. The zero-order valence-electron chi connectivity index (χ0n) is 16.0. The van der Waals surface area contributed by atoms with Crippen molar-refractivity contribution in [3.63, 3.8) is 0 Å². The van der Waals surface area contributed by atoms with Gasteiger partial charge in [-0.15, -0.1) is 0 Å². The number of fused-ring (bicyclic) bond motifs is 1. The summed E-state index contributed by atoms with van der Waals surface area (Å²) >= 11 is 0. The first kappa shape index (κ1) is 19.0. The van der Waals surface area contributed by atoms with Gasteiger partial charge < -0.3 is 23.7 Å². The Labute approximate surface area is 158 Å². The summed E-state index contributed by atoms with van der Waals surface area (Å²) in [5, 5.41) is 0. The van der Waals surface area contributed by atoms with Crippen molar-refractivity contribution in [2.24, 2.45) is 0 Å². The van der Waals surface area contributed by atoms with Gasteiger partial charge >= 0.3 is 5.63 Å². The molecule has 1 aliphatic rings. The number of carbonyl (C=O) groups is 1. The van der Waals surface area contributed by atoms with Gasteiger partial charge in [0.15, 0.2) is 23.4 Å². The lowest BCUT2D eigenvalue weighted by atomic mass is 10.1. The maximum absolute atomic E-state index is 12.6. The SMILES string of the molecule is Cc1cc(C2COc3ccccc3O2)oc(=O)c1C(=O)N(C)CCN(C)C. The molecule has 0 spiro atoms. The first-order chi connectivity index (χ1) is 12.9. The first-order valence-corrected chi connectivity index (χ1v) is 8.80. The molecule has 0 N–H and O–H groups in total. The molecule has 0 bridgehead atoms. The van der Waals surface area contributed by atoms with Gasteiger partial charge in [-0.05, 0) is 44.8 Å².